The van der Waals surface area contributed by atoms with Crippen LogP contribution < -0.4 is 4.90 Å². The van der Waals surface area contributed by atoms with E-state index in [2.05, 4.69) is 26.9 Å². The number of hydrogen-bond donors (Lipinski definition) is 0. The molecular formula is C18H26N6O. The van der Waals surface area contributed by atoms with Crippen molar-refractivity contribution in [2.45, 2.75) is 45.4 Å². The second-order valence-electron chi connectivity index (χ2n) is 7.16. The summed E-state index contributed by atoms with van der Waals surface area (Å²) in [5.41, 5.74) is 0.805. The molecule has 0 aliphatic carbocycles. The second-order valence-corrected chi connectivity index (χ2v) is 7.16. The number of fused-ring (bicyclic) bond motifs is 1. The Hall–Kier alpha value is -2.18. The molecule has 0 bridgehead atoms. The summed E-state index contributed by atoms with van der Waals surface area (Å²) in [6, 6.07) is 4.03. The zero-order valence-corrected chi connectivity index (χ0v) is 14.9. The predicted octanol–water partition coefficient (Wildman–Crippen LogP) is 1.92. The third-order valence-electron chi connectivity index (χ3n) is 5.47. The lowest BCUT2D eigenvalue weighted by Crippen LogP contribution is -2.43. The molecule has 25 heavy (non-hydrogen) atoms. The van der Waals surface area contributed by atoms with E-state index in [0.717, 1.165) is 82.0 Å². The maximum Gasteiger partial charge on any atom is 0.222 e. The SMILES string of the molecule is CCc1nnc2ccc(N3CCC(CN4CCCCC4=O)CC3)nn12. The first-order valence-electron chi connectivity index (χ1n) is 9.48. The maximum absolute atomic E-state index is 12.0. The van der Waals surface area contributed by atoms with Gasteiger partial charge in [-0.2, -0.15) is 4.52 Å². The van der Waals surface area contributed by atoms with Crippen molar-refractivity contribution in [3.8, 4) is 0 Å². The highest BCUT2D eigenvalue weighted by Gasteiger charge is 2.25. The van der Waals surface area contributed by atoms with Crippen LogP contribution in [0.3, 0.4) is 0 Å². The number of carbonyl (C=O) groups is 1. The lowest BCUT2D eigenvalue weighted by molar-refractivity contribution is -0.134. The number of likely N-dealkylation sites (tertiary alicyclic amines) is 1. The molecule has 7 nitrogen and oxygen atoms in total. The van der Waals surface area contributed by atoms with Crippen molar-refractivity contribution in [1.82, 2.24) is 24.7 Å². The van der Waals surface area contributed by atoms with Crippen molar-refractivity contribution >= 4 is 17.4 Å². The van der Waals surface area contributed by atoms with Crippen LogP contribution in [-0.2, 0) is 11.2 Å². The number of piperidine rings is 2. The van der Waals surface area contributed by atoms with Crippen molar-refractivity contribution in [2.24, 2.45) is 5.92 Å². The molecule has 2 aliphatic rings. The molecule has 4 rings (SSSR count). The Morgan fingerprint density at radius 3 is 2.72 bits per heavy atom. The van der Waals surface area contributed by atoms with E-state index in [1.807, 2.05) is 16.6 Å². The second kappa shape index (κ2) is 6.98. The predicted molar refractivity (Wildman–Crippen MR) is 95.5 cm³/mol. The summed E-state index contributed by atoms with van der Waals surface area (Å²) in [4.78, 5) is 16.4. The molecule has 0 N–H and O–H groups in total. The molecule has 4 heterocycles. The van der Waals surface area contributed by atoms with Crippen LogP contribution in [0.15, 0.2) is 12.1 Å². The third-order valence-corrected chi connectivity index (χ3v) is 5.47. The van der Waals surface area contributed by atoms with E-state index in [0.29, 0.717) is 11.8 Å². The quantitative estimate of drug-likeness (QED) is 0.849. The first-order valence-corrected chi connectivity index (χ1v) is 9.48. The molecule has 2 saturated heterocycles. The fourth-order valence-corrected chi connectivity index (χ4v) is 3.92. The fraction of sp³-hybridized carbons (Fsp3) is 0.667. The van der Waals surface area contributed by atoms with Crippen LogP contribution in [-0.4, -0.2) is 56.8 Å². The van der Waals surface area contributed by atoms with Gasteiger partial charge in [-0.15, -0.1) is 15.3 Å². The summed E-state index contributed by atoms with van der Waals surface area (Å²) in [7, 11) is 0. The van der Waals surface area contributed by atoms with Gasteiger partial charge < -0.3 is 9.80 Å². The van der Waals surface area contributed by atoms with Gasteiger partial charge in [-0.25, -0.2) is 0 Å². The molecule has 134 valence electrons. The number of rotatable bonds is 4. The maximum atomic E-state index is 12.0. The number of hydrogen-bond acceptors (Lipinski definition) is 5. The monoisotopic (exact) mass is 342 g/mol. The summed E-state index contributed by atoms with van der Waals surface area (Å²) in [6.45, 7) is 5.94. The fourth-order valence-electron chi connectivity index (χ4n) is 3.92. The number of aromatic nitrogens is 4. The van der Waals surface area contributed by atoms with E-state index < -0.39 is 0 Å². The average Bonchev–Trinajstić information content (AvgIpc) is 3.06. The summed E-state index contributed by atoms with van der Waals surface area (Å²) >= 11 is 0. The Bertz CT molecular complexity index is 749. The first-order chi connectivity index (χ1) is 12.2. The van der Waals surface area contributed by atoms with Crippen LogP contribution in [0.25, 0.3) is 5.65 Å². The lowest BCUT2D eigenvalue weighted by Gasteiger charge is -2.36. The van der Waals surface area contributed by atoms with Gasteiger partial charge in [-0.3, -0.25) is 4.79 Å². The zero-order chi connectivity index (χ0) is 17.2. The molecule has 2 aromatic heterocycles. The summed E-state index contributed by atoms with van der Waals surface area (Å²) < 4.78 is 1.85. The Morgan fingerprint density at radius 2 is 1.96 bits per heavy atom. The third kappa shape index (κ3) is 3.32. The standard InChI is InChI=1S/C18H26N6O/c1-2-15-19-20-16-6-7-17(21-24(15)16)22-11-8-14(9-12-22)13-23-10-4-3-5-18(23)25/h6-7,14H,2-5,8-13H2,1H3. The molecule has 0 radical (unpaired) electrons. The van der Waals surface area contributed by atoms with Gasteiger partial charge in [0.1, 0.15) is 5.82 Å². The molecule has 0 spiro atoms. The van der Waals surface area contributed by atoms with Crippen LogP contribution in [0.5, 0.6) is 0 Å². The number of anilines is 1. The number of carbonyl (C=O) groups excluding carboxylic acids is 1. The molecule has 0 saturated carbocycles. The molecular weight excluding hydrogens is 316 g/mol. The number of aryl methyl sites for hydroxylation is 1. The largest absolute Gasteiger partial charge is 0.355 e. The Kier molecular flexibility index (Phi) is 4.55. The zero-order valence-electron chi connectivity index (χ0n) is 14.9. The molecule has 2 fully saturated rings. The Balaban J connectivity index is 1.39. The van der Waals surface area contributed by atoms with E-state index in [-0.39, 0.29) is 0 Å². The van der Waals surface area contributed by atoms with Crippen molar-refractivity contribution in [3.63, 3.8) is 0 Å². The minimum Gasteiger partial charge on any atom is -0.355 e. The lowest BCUT2D eigenvalue weighted by atomic mass is 9.95. The highest BCUT2D eigenvalue weighted by molar-refractivity contribution is 5.76. The van der Waals surface area contributed by atoms with Gasteiger partial charge in [0.05, 0.1) is 0 Å². The van der Waals surface area contributed by atoms with E-state index >= 15 is 0 Å². The number of amides is 1. The number of nitrogens with zero attached hydrogens (tertiary/aromatic N) is 6. The molecule has 0 atom stereocenters. The van der Waals surface area contributed by atoms with Crippen LogP contribution in [0, 0.1) is 5.92 Å². The smallest absolute Gasteiger partial charge is 0.222 e. The molecule has 2 aromatic rings. The normalized spacial score (nSPS) is 19.8. The van der Waals surface area contributed by atoms with E-state index in [1.54, 1.807) is 0 Å². The topological polar surface area (TPSA) is 66.6 Å². The van der Waals surface area contributed by atoms with Gasteiger partial charge >= 0.3 is 0 Å². The molecule has 0 aromatic carbocycles. The van der Waals surface area contributed by atoms with Gasteiger partial charge in [0, 0.05) is 39.0 Å². The van der Waals surface area contributed by atoms with Crippen molar-refractivity contribution < 1.29 is 4.79 Å². The van der Waals surface area contributed by atoms with Crippen molar-refractivity contribution in [2.75, 3.05) is 31.1 Å². The van der Waals surface area contributed by atoms with Crippen LogP contribution in [0.1, 0.15) is 44.9 Å². The van der Waals surface area contributed by atoms with Crippen LogP contribution >= 0.6 is 0 Å². The van der Waals surface area contributed by atoms with Gasteiger partial charge in [0.25, 0.3) is 0 Å². The highest BCUT2D eigenvalue weighted by Crippen LogP contribution is 2.24. The molecule has 2 aliphatic heterocycles. The Labute approximate surface area is 148 Å². The van der Waals surface area contributed by atoms with E-state index in [9.17, 15) is 4.79 Å². The van der Waals surface area contributed by atoms with E-state index in [4.69, 9.17) is 5.10 Å². The average molecular weight is 342 g/mol. The molecule has 7 heteroatoms. The first kappa shape index (κ1) is 16.3. The van der Waals surface area contributed by atoms with Crippen molar-refractivity contribution in [3.05, 3.63) is 18.0 Å². The minimum atomic E-state index is 0.348. The van der Waals surface area contributed by atoms with Gasteiger partial charge in [-0.05, 0) is 43.7 Å². The van der Waals surface area contributed by atoms with Crippen LogP contribution in [0.4, 0.5) is 5.82 Å². The van der Waals surface area contributed by atoms with Crippen LogP contribution in [0.2, 0.25) is 0 Å². The van der Waals surface area contributed by atoms with Gasteiger partial charge in [-0.1, -0.05) is 6.92 Å². The van der Waals surface area contributed by atoms with E-state index in [1.165, 1.54) is 0 Å². The summed E-state index contributed by atoms with van der Waals surface area (Å²) in [5, 5.41) is 13.1. The van der Waals surface area contributed by atoms with Crippen molar-refractivity contribution in [1.29, 1.82) is 0 Å². The summed E-state index contributed by atoms with van der Waals surface area (Å²) in [6.07, 6.45) is 6.02. The van der Waals surface area contributed by atoms with Gasteiger partial charge in [0.15, 0.2) is 11.5 Å². The molecule has 0 unspecified atom stereocenters. The minimum absolute atomic E-state index is 0.348. The molecule has 1 amide bonds. The van der Waals surface area contributed by atoms with Gasteiger partial charge in [0.2, 0.25) is 5.91 Å². The highest BCUT2D eigenvalue weighted by atomic mass is 16.2. The summed E-state index contributed by atoms with van der Waals surface area (Å²) in [5.74, 6) is 2.86. The Morgan fingerprint density at radius 1 is 1.12 bits per heavy atom.